The summed E-state index contributed by atoms with van der Waals surface area (Å²) in [6.07, 6.45) is 3.54. The normalized spacial score (nSPS) is 10.0. The molecule has 0 aliphatic rings. The van der Waals surface area contributed by atoms with Gasteiger partial charge in [-0.15, -0.1) is 0 Å². The van der Waals surface area contributed by atoms with Gasteiger partial charge in [0.2, 0.25) is 5.95 Å². The van der Waals surface area contributed by atoms with Gasteiger partial charge in [0.15, 0.2) is 0 Å². The van der Waals surface area contributed by atoms with Crippen molar-refractivity contribution < 1.29 is 0 Å². The highest BCUT2D eigenvalue weighted by Crippen LogP contribution is 2.21. The second kappa shape index (κ2) is 4.28. The summed E-state index contributed by atoms with van der Waals surface area (Å²) < 4.78 is 0. The van der Waals surface area contributed by atoms with Gasteiger partial charge in [-0.3, -0.25) is 0 Å². The number of nitrogens with zero attached hydrogens (tertiary/aromatic N) is 2. The van der Waals surface area contributed by atoms with Crippen LogP contribution in [0.2, 0.25) is 5.02 Å². The van der Waals surface area contributed by atoms with E-state index in [1.54, 1.807) is 19.4 Å². The predicted molar refractivity (Wildman–Crippen MR) is 62.0 cm³/mol. The van der Waals surface area contributed by atoms with E-state index in [9.17, 15) is 0 Å². The maximum Gasteiger partial charge on any atom is 0.222 e. The fraction of sp³-hybridized carbons (Fsp3) is 0.0909. The van der Waals surface area contributed by atoms with E-state index in [0.717, 1.165) is 11.1 Å². The third-order valence-electron chi connectivity index (χ3n) is 2.03. The first-order valence-electron chi connectivity index (χ1n) is 4.55. The number of benzene rings is 1. The van der Waals surface area contributed by atoms with Crippen LogP contribution in [-0.4, -0.2) is 17.0 Å². The van der Waals surface area contributed by atoms with Crippen LogP contribution in [0.25, 0.3) is 11.1 Å². The maximum atomic E-state index is 5.90. The van der Waals surface area contributed by atoms with Crippen LogP contribution < -0.4 is 5.32 Å². The van der Waals surface area contributed by atoms with Crippen LogP contribution in [0.4, 0.5) is 5.95 Å². The van der Waals surface area contributed by atoms with Crippen LogP contribution in [0, 0.1) is 0 Å². The summed E-state index contributed by atoms with van der Waals surface area (Å²) in [6.45, 7) is 0. The van der Waals surface area contributed by atoms with Crippen molar-refractivity contribution in [3.63, 3.8) is 0 Å². The van der Waals surface area contributed by atoms with E-state index in [1.807, 2.05) is 24.3 Å². The topological polar surface area (TPSA) is 37.8 Å². The monoisotopic (exact) mass is 219 g/mol. The standard InChI is InChI=1S/C11H10ClN3/c1-13-11-14-6-9(7-15-11)8-3-2-4-10(12)5-8/h2-7H,1H3,(H,13,14,15). The summed E-state index contributed by atoms with van der Waals surface area (Å²) in [5.41, 5.74) is 1.97. The summed E-state index contributed by atoms with van der Waals surface area (Å²) in [6, 6.07) is 7.61. The molecular weight excluding hydrogens is 210 g/mol. The van der Waals surface area contributed by atoms with E-state index in [0.29, 0.717) is 11.0 Å². The molecule has 0 amide bonds. The first kappa shape index (κ1) is 9.93. The van der Waals surface area contributed by atoms with Gasteiger partial charge in [-0.1, -0.05) is 23.7 Å². The Morgan fingerprint density at radius 2 is 1.87 bits per heavy atom. The number of rotatable bonds is 2. The molecule has 0 bridgehead atoms. The van der Waals surface area contributed by atoms with E-state index in [2.05, 4.69) is 15.3 Å². The highest BCUT2D eigenvalue weighted by Gasteiger charge is 1.99. The van der Waals surface area contributed by atoms with Gasteiger partial charge in [0.05, 0.1) is 0 Å². The van der Waals surface area contributed by atoms with Crippen LogP contribution in [0.1, 0.15) is 0 Å². The Hall–Kier alpha value is -1.61. The third kappa shape index (κ3) is 2.25. The van der Waals surface area contributed by atoms with Gasteiger partial charge in [0.1, 0.15) is 0 Å². The molecule has 0 saturated heterocycles. The van der Waals surface area contributed by atoms with Crippen molar-refractivity contribution in [3.05, 3.63) is 41.7 Å². The largest absolute Gasteiger partial charge is 0.357 e. The van der Waals surface area contributed by atoms with E-state index < -0.39 is 0 Å². The molecule has 0 unspecified atom stereocenters. The molecular formula is C11H10ClN3. The van der Waals surface area contributed by atoms with E-state index >= 15 is 0 Å². The Morgan fingerprint density at radius 1 is 1.13 bits per heavy atom. The van der Waals surface area contributed by atoms with Crippen molar-refractivity contribution in [2.45, 2.75) is 0 Å². The lowest BCUT2D eigenvalue weighted by molar-refractivity contribution is 1.15. The smallest absolute Gasteiger partial charge is 0.222 e. The second-order valence-electron chi connectivity index (χ2n) is 3.06. The molecule has 0 radical (unpaired) electrons. The van der Waals surface area contributed by atoms with Crippen LogP contribution in [0.15, 0.2) is 36.7 Å². The van der Waals surface area contributed by atoms with Crippen molar-refractivity contribution in [2.24, 2.45) is 0 Å². The Balaban J connectivity index is 2.37. The zero-order chi connectivity index (χ0) is 10.7. The first-order valence-corrected chi connectivity index (χ1v) is 4.93. The molecule has 1 heterocycles. The lowest BCUT2D eigenvalue weighted by Crippen LogP contribution is -1.95. The number of anilines is 1. The highest BCUT2D eigenvalue weighted by atomic mass is 35.5. The highest BCUT2D eigenvalue weighted by molar-refractivity contribution is 6.30. The van der Waals surface area contributed by atoms with Crippen LogP contribution in [-0.2, 0) is 0 Å². The molecule has 1 N–H and O–H groups in total. The minimum absolute atomic E-state index is 0.612. The molecule has 76 valence electrons. The zero-order valence-electron chi connectivity index (χ0n) is 8.24. The van der Waals surface area contributed by atoms with E-state index in [4.69, 9.17) is 11.6 Å². The average Bonchev–Trinajstić information content (AvgIpc) is 2.29. The molecule has 0 spiro atoms. The molecule has 0 saturated carbocycles. The number of hydrogen-bond acceptors (Lipinski definition) is 3. The zero-order valence-corrected chi connectivity index (χ0v) is 8.99. The number of aromatic nitrogens is 2. The SMILES string of the molecule is CNc1ncc(-c2cccc(Cl)c2)cn1. The number of hydrogen-bond donors (Lipinski definition) is 1. The van der Waals surface area contributed by atoms with Crippen molar-refractivity contribution in [2.75, 3.05) is 12.4 Å². The van der Waals surface area contributed by atoms with Gasteiger partial charge in [0, 0.05) is 30.0 Å². The average molecular weight is 220 g/mol. The Labute approximate surface area is 93.1 Å². The van der Waals surface area contributed by atoms with Crippen LogP contribution in [0.5, 0.6) is 0 Å². The fourth-order valence-corrected chi connectivity index (χ4v) is 1.46. The lowest BCUT2D eigenvalue weighted by Gasteiger charge is -2.02. The van der Waals surface area contributed by atoms with Gasteiger partial charge in [-0.25, -0.2) is 9.97 Å². The van der Waals surface area contributed by atoms with Crippen LogP contribution in [0.3, 0.4) is 0 Å². The third-order valence-corrected chi connectivity index (χ3v) is 2.27. The minimum atomic E-state index is 0.612. The summed E-state index contributed by atoms with van der Waals surface area (Å²) in [4.78, 5) is 8.28. The molecule has 0 atom stereocenters. The molecule has 0 fully saturated rings. The summed E-state index contributed by atoms with van der Waals surface area (Å²) in [5, 5.41) is 3.58. The van der Waals surface area contributed by atoms with Gasteiger partial charge >= 0.3 is 0 Å². The van der Waals surface area contributed by atoms with Crippen molar-refractivity contribution >= 4 is 17.5 Å². The second-order valence-corrected chi connectivity index (χ2v) is 3.49. The molecule has 0 aliphatic carbocycles. The van der Waals surface area contributed by atoms with E-state index in [-0.39, 0.29) is 0 Å². The van der Waals surface area contributed by atoms with Gasteiger partial charge in [-0.2, -0.15) is 0 Å². The Morgan fingerprint density at radius 3 is 2.47 bits per heavy atom. The summed E-state index contributed by atoms with van der Waals surface area (Å²) in [5.74, 6) is 0.612. The Kier molecular flexibility index (Phi) is 2.83. The van der Waals surface area contributed by atoms with Crippen molar-refractivity contribution in [1.82, 2.24) is 9.97 Å². The molecule has 3 nitrogen and oxygen atoms in total. The molecule has 2 aromatic rings. The molecule has 1 aromatic heterocycles. The maximum absolute atomic E-state index is 5.90. The van der Waals surface area contributed by atoms with Gasteiger partial charge in [0.25, 0.3) is 0 Å². The first-order chi connectivity index (χ1) is 7.29. The molecule has 1 aromatic carbocycles. The summed E-state index contributed by atoms with van der Waals surface area (Å²) in [7, 11) is 1.79. The van der Waals surface area contributed by atoms with Gasteiger partial charge < -0.3 is 5.32 Å². The number of nitrogens with one attached hydrogen (secondary N) is 1. The molecule has 15 heavy (non-hydrogen) atoms. The van der Waals surface area contributed by atoms with Crippen molar-refractivity contribution in [3.8, 4) is 11.1 Å². The van der Waals surface area contributed by atoms with Crippen LogP contribution >= 0.6 is 11.6 Å². The minimum Gasteiger partial charge on any atom is -0.357 e. The molecule has 0 aliphatic heterocycles. The number of halogens is 1. The van der Waals surface area contributed by atoms with Crippen molar-refractivity contribution in [1.29, 1.82) is 0 Å². The van der Waals surface area contributed by atoms with Gasteiger partial charge in [-0.05, 0) is 17.7 Å². The lowest BCUT2D eigenvalue weighted by atomic mass is 10.1. The Bertz CT molecular complexity index is 454. The van der Waals surface area contributed by atoms with E-state index in [1.165, 1.54) is 0 Å². The molecule has 4 heteroatoms. The fourth-order valence-electron chi connectivity index (χ4n) is 1.27. The predicted octanol–water partition coefficient (Wildman–Crippen LogP) is 2.84. The molecule has 2 rings (SSSR count). The quantitative estimate of drug-likeness (QED) is 0.844. The summed E-state index contributed by atoms with van der Waals surface area (Å²) >= 11 is 5.90.